The van der Waals surface area contributed by atoms with E-state index >= 15 is 0 Å². The van der Waals surface area contributed by atoms with Crippen LogP contribution in [0, 0.1) is 0 Å². The minimum atomic E-state index is -0.299. The molecule has 0 aromatic heterocycles. The standard InChI is InChI=1S/C15H17BrN2O2/c16-11-5-3-10(4-6-11)15(20)18-9-1-2-13(18)14(19)17-12-7-8-12/h3-6,12-13H,1-2,7-9H2,(H,17,19). The molecule has 1 aliphatic carbocycles. The first-order valence-corrected chi connectivity index (χ1v) is 7.81. The van der Waals surface area contributed by atoms with Gasteiger partial charge in [0.2, 0.25) is 5.91 Å². The topological polar surface area (TPSA) is 49.4 Å². The largest absolute Gasteiger partial charge is 0.352 e. The Morgan fingerprint density at radius 2 is 1.85 bits per heavy atom. The van der Waals surface area contributed by atoms with Crippen molar-refractivity contribution < 1.29 is 9.59 Å². The second-order valence-electron chi connectivity index (χ2n) is 5.45. The maximum Gasteiger partial charge on any atom is 0.254 e. The molecule has 1 saturated carbocycles. The molecule has 2 aliphatic rings. The molecule has 1 saturated heterocycles. The van der Waals surface area contributed by atoms with Gasteiger partial charge in [0.05, 0.1) is 0 Å². The van der Waals surface area contributed by atoms with E-state index in [1.54, 1.807) is 17.0 Å². The van der Waals surface area contributed by atoms with Crippen molar-refractivity contribution in [1.82, 2.24) is 10.2 Å². The molecule has 1 unspecified atom stereocenters. The van der Waals surface area contributed by atoms with Crippen LogP contribution in [0.25, 0.3) is 0 Å². The third-order valence-corrected chi connectivity index (χ3v) is 4.36. The van der Waals surface area contributed by atoms with Gasteiger partial charge in [0.15, 0.2) is 0 Å². The molecule has 0 bridgehead atoms. The zero-order valence-corrected chi connectivity index (χ0v) is 12.7. The van der Waals surface area contributed by atoms with Crippen molar-refractivity contribution >= 4 is 27.7 Å². The number of hydrogen-bond donors (Lipinski definition) is 1. The van der Waals surface area contributed by atoms with E-state index in [2.05, 4.69) is 21.2 Å². The highest BCUT2D eigenvalue weighted by atomic mass is 79.9. The minimum Gasteiger partial charge on any atom is -0.352 e. The van der Waals surface area contributed by atoms with Crippen molar-refractivity contribution in [3.05, 3.63) is 34.3 Å². The van der Waals surface area contributed by atoms with Crippen LogP contribution >= 0.6 is 15.9 Å². The van der Waals surface area contributed by atoms with Crippen LogP contribution in [0.4, 0.5) is 0 Å². The smallest absolute Gasteiger partial charge is 0.254 e. The number of nitrogens with zero attached hydrogens (tertiary/aromatic N) is 1. The lowest BCUT2D eigenvalue weighted by atomic mass is 10.1. The van der Waals surface area contributed by atoms with Crippen molar-refractivity contribution in [3.63, 3.8) is 0 Å². The van der Waals surface area contributed by atoms with Gasteiger partial charge in [-0.05, 0) is 49.9 Å². The predicted molar refractivity (Wildman–Crippen MR) is 79.4 cm³/mol. The van der Waals surface area contributed by atoms with Crippen LogP contribution in [0.15, 0.2) is 28.7 Å². The van der Waals surface area contributed by atoms with Crippen molar-refractivity contribution in [2.45, 2.75) is 37.8 Å². The highest BCUT2D eigenvalue weighted by Crippen LogP contribution is 2.24. The van der Waals surface area contributed by atoms with Gasteiger partial charge in [0.1, 0.15) is 6.04 Å². The summed E-state index contributed by atoms with van der Waals surface area (Å²) in [7, 11) is 0. The predicted octanol–water partition coefficient (Wildman–Crippen LogP) is 2.33. The van der Waals surface area contributed by atoms with Crippen molar-refractivity contribution in [2.24, 2.45) is 0 Å². The monoisotopic (exact) mass is 336 g/mol. The van der Waals surface area contributed by atoms with Crippen LogP contribution in [0.2, 0.25) is 0 Å². The summed E-state index contributed by atoms with van der Waals surface area (Å²) in [6.45, 7) is 0.664. The molecule has 1 aliphatic heterocycles. The number of halogens is 1. The zero-order chi connectivity index (χ0) is 14.1. The molecule has 1 N–H and O–H groups in total. The third kappa shape index (κ3) is 2.87. The fourth-order valence-corrected chi connectivity index (χ4v) is 2.83. The molecule has 3 rings (SSSR count). The number of carbonyl (C=O) groups excluding carboxylic acids is 2. The Balaban J connectivity index is 1.72. The van der Waals surface area contributed by atoms with E-state index in [1.807, 2.05) is 12.1 Å². The summed E-state index contributed by atoms with van der Waals surface area (Å²) in [6, 6.07) is 7.33. The van der Waals surface area contributed by atoms with Gasteiger partial charge in [-0.3, -0.25) is 9.59 Å². The number of nitrogens with one attached hydrogen (secondary N) is 1. The molecule has 1 aromatic rings. The van der Waals surface area contributed by atoms with Crippen molar-refractivity contribution in [3.8, 4) is 0 Å². The molecular formula is C15H17BrN2O2. The Morgan fingerprint density at radius 3 is 2.50 bits per heavy atom. The average molecular weight is 337 g/mol. The van der Waals surface area contributed by atoms with E-state index in [1.165, 1.54) is 0 Å². The van der Waals surface area contributed by atoms with E-state index in [4.69, 9.17) is 0 Å². The third-order valence-electron chi connectivity index (χ3n) is 3.83. The highest BCUT2D eigenvalue weighted by Gasteiger charge is 2.36. The number of carbonyl (C=O) groups is 2. The fourth-order valence-electron chi connectivity index (χ4n) is 2.57. The van der Waals surface area contributed by atoms with E-state index in [0.717, 1.165) is 30.2 Å². The molecule has 20 heavy (non-hydrogen) atoms. The van der Waals surface area contributed by atoms with Crippen LogP contribution in [0.1, 0.15) is 36.0 Å². The van der Waals surface area contributed by atoms with E-state index in [9.17, 15) is 9.59 Å². The SMILES string of the molecule is O=C(NC1CC1)C1CCCN1C(=O)c1ccc(Br)cc1. The second kappa shape index (κ2) is 5.56. The lowest BCUT2D eigenvalue weighted by molar-refractivity contribution is -0.125. The summed E-state index contributed by atoms with van der Waals surface area (Å²) in [5, 5.41) is 3.00. The Kier molecular flexibility index (Phi) is 3.78. The summed E-state index contributed by atoms with van der Waals surface area (Å²) in [6.07, 6.45) is 3.80. The maximum absolute atomic E-state index is 12.5. The molecule has 0 radical (unpaired) electrons. The zero-order valence-electron chi connectivity index (χ0n) is 11.1. The molecule has 2 amide bonds. The minimum absolute atomic E-state index is 0.00969. The molecule has 1 aromatic carbocycles. The van der Waals surface area contributed by atoms with Crippen LogP contribution in [0.5, 0.6) is 0 Å². The summed E-state index contributed by atoms with van der Waals surface area (Å²) >= 11 is 3.36. The lowest BCUT2D eigenvalue weighted by Gasteiger charge is -2.24. The molecule has 5 heteroatoms. The van der Waals surface area contributed by atoms with Gasteiger partial charge < -0.3 is 10.2 Å². The first kappa shape index (κ1) is 13.6. The van der Waals surface area contributed by atoms with Crippen LogP contribution in [-0.2, 0) is 4.79 Å². The summed E-state index contributed by atoms with van der Waals surface area (Å²) in [4.78, 5) is 26.4. The molecule has 1 heterocycles. The molecule has 4 nitrogen and oxygen atoms in total. The average Bonchev–Trinajstić information content (AvgIpc) is 3.11. The van der Waals surface area contributed by atoms with Gasteiger partial charge in [-0.2, -0.15) is 0 Å². The van der Waals surface area contributed by atoms with E-state index in [-0.39, 0.29) is 17.9 Å². The van der Waals surface area contributed by atoms with Gasteiger partial charge in [-0.15, -0.1) is 0 Å². The van der Waals surface area contributed by atoms with E-state index in [0.29, 0.717) is 18.2 Å². The molecule has 1 atom stereocenters. The van der Waals surface area contributed by atoms with Crippen LogP contribution in [0.3, 0.4) is 0 Å². The number of rotatable bonds is 3. The highest BCUT2D eigenvalue weighted by molar-refractivity contribution is 9.10. The number of likely N-dealkylation sites (tertiary alicyclic amines) is 1. The summed E-state index contributed by atoms with van der Waals surface area (Å²) in [5.41, 5.74) is 0.638. The van der Waals surface area contributed by atoms with Gasteiger partial charge in [-0.1, -0.05) is 15.9 Å². The Bertz CT molecular complexity index is 525. The van der Waals surface area contributed by atoms with Crippen LogP contribution < -0.4 is 5.32 Å². The maximum atomic E-state index is 12.5. The van der Waals surface area contributed by atoms with Gasteiger partial charge in [0, 0.05) is 22.6 Å². The molecule has 0 spiro atoms. The van der Waals surface area contributed by atoms with Crippen molar-refractivity contribution in [2.75, 3.05) is 6.54 Å². The number of amides is 2. The second-order valence-corrected chi connectivity index (χ2v) is 6.36. The summed E-state index contributed by atoms with van der Waals surface area (Å²) < 4.78 is 0.943. The van der Waals surface area contributed by atoms with Gasteiger partial charge in [-0.25, -0.2) is 0 Å². The fraction of sp³-hybridized carbons (Fsp3) is 0.467. The lowest BCUT2D eigenvalue weighted by Crippen LogP contribution is -2.46. The van der Waals surface area contributed by atoms with Crippen LogP contribution in [-0.4, -0.2) is 35.3 Å². The summed E-state index contributed by atoms with van der Waals surface area (Å²) in [5.74, 6) is -0.0404. The Labute approximate surface area is 126 Å². The molecular weight excluding hydrogens is 320 g/mol. The number of hydrogen-bond acceptors (Lipinski definition) is 2. The van der Waals surface area contributed by atoms with Gasteiger partial charge in [0.25, 0.3) is 5.91 Å². The Morgan fingerprint density at radius 1 is 1.15 bits per heavy atom. The molecule has 106 valence electrons. The van der Waals surface area contributed by atoms with Gasteiger partial charge >= 0.3 is 0 Å². The first-order valence-electron chi connectivity index (χ1n) is 7.02. The normalized spacial score (nSPS) is 21.9. The van der Waals surface area contributed by atoms with E-state index < -0.39 is 0 Å². The number of benzene rings is 1. The first-order chi connectivity index (χ1) is 9.65. The van der Waals surface area contributed by atoms with Crippen molar-refractivity contribution in [1.29, 1.82) is 0 Å². The Hall–Kier alpha value is -1.36. The molecule has 2 fully saturated rings. The quantitative estimate of drug-likeness (QED) is 0.920.